The number of rotatable bonds is 4. The van der Waals surface area contributed by atoms with Gasteiger partial charge in [0.2, 0.25) is 10.0 Å². The van der Waals surface area contributed by atoms with Crippen molar-refractivity contribution < 1.29 is 8.42 Å². The summed E-state index contributed by atoms with van der Waals surface area (Å²) in [5.74, 6) is 3.58. The molecule has 0 aromatic rings. The smallest absolute Gasteiger partial charge is 0.211 e. The van der Waals surface area contributed by atoms with Crippen molar-refractivity contribution in [3.8, 4) is 0 Å². The molecule has 0 aromatic heterocycles. The second-order valence-corrected chi connectivity index (χ2v) is 7.47. The van der Waals surface area contributed by atoms with Gasteiger partial charge in [0, 0.05) is 29.1 Å². The second kappa shape index (κ2) is 5.48. The van der Waals surface area contributed by atoms with Gasteiger partial charge in [-0.15, -0.1) is 0 Å². The fourth-order valence-electron chi connectivity index (χ4n) is 0.976. The van der Waals surface area contributed by atoms with Crippen LogP contribution in [-0.2, 0) is 10.0 Å². The van der Waals surface area contributed by atoms with E-state index in [0.29, 0.717) is 11.8 Å². The lowest BCUT2D eigenvalue weighted by molar-refractivity contribution is 0.583. The van der Waals surface area contributed by atoms with Gasteiger partial charge in [0.15, 0.2) is 0 Å². The van der Waals surface area contributed by atoms with E-state index in [1.165, 1.54) is 5.75 Å². The lowest BCUT2D eigenvalue weighted by Crippen LogP contribution is -2.34. The molecule has 1 atom stereocenters. The van der Waals surface area contributed by atoms with Crippen LogP contribution in [0.4, 0.5) is 0 Å². The molecule has 6 heteroatoms. The highest BCUT2D eigenvalue weighted by molar-refractivity contribution is 8.06. The Balaban J connectivity index is 2.25. The summed E-state index contributed by atoms with van der Waals surface area (Å²) < 4.78 is 24.8. The van der Waals surface area contributed by atoms with Gasteiger partial charge in [0.1, 0.15) is 0 Å². The highest BCUT2D eigenvalue weighted by atomic mass is 32.2. The summed E-state index contributed by atoms with van der Waals surface area (Å²) in [7, 11) is -2.99. The topological polar surface area (TPSA) is 46.2 Å². The number of nitrogens with one attached hydrogen (secondary N) is 1. The third-order valence-electron chi connectivity index (χ3n) is 1.80. The molecule has 3 nitrogen and oxygen atoms in total. The molecule has 1 aliphatic heterocycles. The lowest BCUT2D eigenvalue weighted by atomic mass is 10.5. The molecule has 0 amide bonds. The van der Waals surface area contributed by atoms with Crippen molar-refractivity contribution in [1.82, 2.24) is 4.72 Å². The molecule has 1 rings (SSSR count). The molecule has 0 saturated carbocycles. The summed E-state index contributed by atoms with van der Waals surface area (Å²) in [6.07, 6.45) is 0. The first-order valence-electron chi connectivity index (χ1n) is 4.31. The highest BCUT2D eigenvalue weighted by Gasteiger charge is 2.16. The van der Waals surface area contributed by atoms with Crippen LogP contribution in [-0.4, -0.2) is 43.2 Å². The minimum Gasteiger partial charge on any atom is -0.214 e. The van der Waals surface area contributed by atoms with Gasteiger partial charge in [-0.25, -0.2) is 13.1 Å². The van der Waals surface area contributed by atoms with Gasteiger partial charge in [-0.2, -0.15) is 23.5 Å². The quantitative estimate of drug-likeness (QED) is 0.790. The number of hydrogen-bond acceptors (Lipinski definition) is 4. The summed E-state index contributed by atoms with van der Waals surface area (Å²) >= 11 is 3.77. The van der Waals surface area contributed by atoms with Gasteiger partial charge in [-0.3, -0.25) is 0 Å². The molecule has 0 radical (unpaired) electrons. The van der Waals surface area contributed by atoms with Gasteiger partial charge in [0.05, 0.1) is 5.75 Å². The SMILES string of the molecule is CCS(=O)(=O)NCC1CSCCS1. The molecule has 78 valence electrons. The highest BCUT2D eigenvalue weighted by Crippen LogP contribution is 2.23. The van der Waals surface area contributed by atoms with E-state index in [4.69, 9.17) is 0 Å². The first-order valence-corrected chi connectivity index (χ1v) is 8.16. The molecule has 1 N–H and O–H groups in total. The van der Waals surface area contributed by atoms with Crippen molar-refractivity contribution in [2.45, 2.75) is 12.2 Å². The zero-order chi connectivity index (χ0) is 9.73. The number of sulfonamides is 1. The summed E-state index contributed by atoms with van der Waals surface area (Å²) in [6, 6.07) is 0. The van der Waals surface area contributed by atoms with Crippen molar-refractivity contribution in [1.29, 1.82) is 0 Å². The fraction of sp³-hybridized carbons (Fsp3) is 1.00. The zero-order valence-electron chi connectivity index (χ0n) is 7.65. The van der Waals surface area contributed by atoms with Crippen LogP contribution in [0.2, 0.25) is 0 Å². The Kier molecular flexibility index (Phi) is 4.93. The Morgan fingerprint density at radius 1 is 1.46 bits per heavy atom. The van der Waals surface area contributed by atoms with Crippen LogP contribution in [0, 0.1) is 0 Å². The van der Waals surface area contributed by atoms with Crippen LogP contribution in [0.15, 0.2) is 0 Å². The maximum Gasteiger partial charge on any atom is 0.211 e. The predicted octanol–water partition coefficient (Wildman–Crippen LogP) is 0.774. The van der Waals surface area contributed by atoms with Crippen molar-refractivity contribution in [2.24, 2.45) is 0 Å². The van der Waals surface area contributed by atoms with Crippen LogP contribution < -0.4 is 4.72 Å². The van der Waals surface area contributed by atoms with E-state index in [2.05, 4.69) is 4.72 Å². The van der Waals surface area contributed by atoms with Gasteiger partial charge in [-0.05, 0) is 6.92 Å². The minimum absolute atomic E-state index is 0.178. The predicted molar refractivity (Wildman–Crippen MR) is 61.0 cm³/mol. The Labute approximate surface area is 88.5 Å². The van der Waals surface area contributed by atoms with Crippen molar-refractivity contribution in [3.63, 3.8) is 0 Å². The van der Waals surface area contributed by atoms with Crippen LogP contribution >= 0.6 is 23.5 Å². The van der Waals surface area contributed by atoms with Crippen molar-refractivity contribution in [3.05, 3.63) is 0 Å². The monoisotopic (exact) mass is 241 g/mol. The molecule has 0 spiro atoms. The van der Waals surface area contributed by atoms with Crippen molar-refractivity contribution in [2.75, 3.05) is 29.6 Å². The molecule has 1 heterocycles. The van der Waals surface area contributed by atoms with Crippen LogP contribution in [0.3, 0.4) is 0 Å². The fourth-order valence-corrected chi connectivity index (χ4v) is 4.35. The maximum atomic E-state index is 11.1. The molecule has 13 heavy (non-hydrogen) atoms. The Morgan fingerprint density at radius 2 is 2.23 bits per heavy atom. The van der Waals surface area contributed by atoms with Crippen molar-refractivity contribution >= 4 is 33.5 Å². The Bertz CT molecular complexity index is 234. The number of thioether (sulfide) groups is 2. The molecule has 0 bridgehead atoms. The third kappa shape index (κ3) is 4.58. The van der Waals surface area contributed by atoms with Gasteiger partial charge in [0.25, 0.3) is 0 Å². The van der Waals surface area contributed by atoms with Gasteiger partial charge in [-0.1, -0.05) is 0 Å². The standard InChI is InChI=1S/C7H15NO2S3/c1-2-13(9,10)8-5-7-6-11-3-4-12-7/h7-8H,2-6H2,1H3. The zero-order valence-corrected chi connectivity index (χ0v) is 10.1. The first-order chi connectivity index (χ1) is 6.14. The van der Waals surface area contributed by atoms with E-state index < -0.39 is 10.0 Å². The van der Waals surface area contributed by atoms with Crippen LogP contribution in [0.25, 0.3) is 0 Å². The van der Waals surface area contributed by atoms with Gasteiger partial charge >= 0.3 is 0 Å². The van der Waals surface area contributed by atoms with E-state index in [1.807, 2.05) is 23.5 Å². The van der Waals surface area contributed by atoms with E-state index in [1.54, 1.807) is 6.92 Å². The average molecular weight is 241 g/mol. The summed E-state index contributed by atoms with van der Waals surface area (Å²) in [5, 5.41) is 0.458. The third-order valence-corrected chi connectivity index (χ3v) is 6.01. The second-order valence-electron chi connectivity index (χ2n) is 2.82. The normalized spacial score (nSPS) is 24.5. The summed E-state index contributed by atoms with van der Waals surface area (Å²) in [4.78, 5) is 0. The molecule has 1 unspecified atom stereocenters. The van der Waals surface area contributed by atoms with Crippen LogP contribution in [0.5, 0.6) is 0 Å². The summed E-state index contributed by atoms with van der Waals surface area (Å²) in [5.41, 5.74) is 0. The minimum atomic E-state index is -2.99. The largest absolute Gasteiger partial charge is 0.214 e. The molecule has 1 aliphatic rings. The van der Waals surface area contributed by atoms with E-state index in [9.17, 15) is 8.42 Å². The Morgan fingerprint density at radius 3 is 2.77 bits per heavy atom. The molecule has 1 fully saturated rings. The molecule has 0 aromatic carbocycles. The van der Waals surface area contributed by atoms with E-state index in [-0.39, 0.29) is 5.75 Å². The van der Waals surface area contributed by atoms with E-state index in [0.717, 1.165) is 11.5 Å². The first kappa shape index (κ1) is 11.7. The average Bonchev–Trinajstić information content (AvgIpc) is 2.17. The maximum absolute atomic E-state index is 11.1. The molecule has 1 saturated heterocycles. The molecule has 0 aliphatic carbocycles. The lowest BCUT2D eigenvalue weighted by Gasteiger charge is -2.20. The molecular weight excluding hydrogens is 226 g/mol. The van der Waals surface area contributed by atoms with Crippen LogP contribution in [0.1, 0.15) is 6.92 Å². The molecular formula is C7H15NO2S3. The van der Waals surface area contributed by atoms with Gasteiger partial charge < -0.3 is 0 Å². The van der Waals surface area contributed by atoms with E-state index >= 15 is 0 Å². The Hall–Kier alpha value is 0.610. The number of hydrogen-bond donors (Lipinski definition) is 1. The summed E-state index contributed by atoms with van der Waals surface area (Å²) in [6.45, 7) is 2.25.